The van der Waals surface area contributed by atoms with E-state index in [0.29, 0.717) is 0 Å². The van der Waals surface area contributed by atoms with Gasteiger partial charge in [0.05, 0.1) is 0 Å². The molecule has 0 saturated heterocycles. The molecule has 0 aromatic heterocycles. The molecule has 0 aliphatic heterocycles. The average Bonchev–Trinajstić information content (AvgIpc) is 2.67. The van der Waals surface area contributed by atoms with Gasteiger partial charge in [-0.05, 0) is 0 Å². The summed E-state index contributed by atoms with van der Waals surface area (Å²) in [6.45, 7) is 0. The van der Waals surface area contributed by atoms with Crippen LogP contribution in [0.5, 0.6) is 0 Å². The maximum absolute atomic E-state index is 2.99. The zero-order chi connectivity index (χ0) is 7.07. The Kier molecular flexibility index (Phi) is 13.2. The van der Waals surface area contributed by atoms with Crippen LogP contribution in [0, 0.1) is 12.2 Å². The third-order valence-corrected chi connectivity index (χ3v) is 1.17. The van der Waals surface area contributed by atoms with Gasteiger partial charge in [-0.15, -0.1) is 12.8 Å². The molecule has 0 amide bonds. The van der Waals surface area contributed by atoms with Crippen molar-refractivity contribution in [3.8, 4) is 0 Å². The molecule has 64 valence electrons. The molecule has 0 N–H and O–H groups in total. The standard InChI is InChI=1S/2C5H5.ClH.Mo/c2*1-2-4-5-3-1;;/h2*1-3H,4H2;1H;/q2*-1;;+2/p-1. The van der Waals surface area contributed by atoms with Crippen molar-refractivity contribution < 1.29 is 33.5 Å². The second-order valence-corrected chi connectivity index (χ2v) is 2.01. The Morgan fingerprint density at radius 1 is 0.833 bits per heavy atom. The molecule has 0 radical (unpaired) electrons. The van der Waals surface area contributed by atoms with E-state index in [1.807, 2.05) is 24.3 Å². The zero-order valence-electron chi connectivity index (χ0n) is 6.66. The minimum absolute atomic E-state index is 0. The van der Waals surface area contributed by atoms with E-state index in [1.54, 1.807) is 0 Å². The second-order valence-electron chi connectivity index (χ2n) is 2.01. The van der Waals surface area contributed by atoms with Crippen LogP contribution in [0.25, 0.3) is 0 Å². The third kappa shape index (κ3) is 8.04. The topological polar surface area (TPSA) is 0 Å². The fourth-order valence-corrected chi connectivity index (χ4v) is 0.680. The van der Waals surface area contributed by atoms with Crippen LogP contribution in [0.3, 0.4) is 0 Å². The van der Waals surface area contributed by atoms with Crippen molar-refractivity contribution in [2.45, 2.75) is 12.8 Å². The summed E-state index contributed by atoms with van der Waals surface area (Å²) in [5.74, 6) is 0. The van der Waals surface area contributed by atoms with Gasteiger partial charge in [-0.25, -0.2) is 24.3 Å². The average molecular weight is 262 g/mol. The fourth-order valence-electron chi connectivity index (χ4n) is 0.680. The van der Waals surface area contributed by atoms with Crippen molar-refractivity contribution >= 4 is 0 Å². The van der Waals surface area contributed by atoms with Crippen LogP contribution in [-0.4, -0.2) is 0 Å². The summed E-state index contributed by atoms with van der Waals surface area (Å²) in [5.41, 5.74) is 0. The molecule has 0 aromatic carbocycles. The Hall–Kier alpha value is -0.0617. The van der Waals surface area contributed by atoms with E-state index in [4.69, 9.17) is 0 Å². The molecule has 2 aliphatic carbocycles. The molecule has 0 unspecified atom stereocenters. The molecular weight excluding hydrogens is 252 g/mol. The van der Waals surface area contributed by atoms with Crippen LogP contribution in [0.1, 0.15) is 12.8 Å². The molecule has 0 heterocycles. The molecule has 0 bridgehead atoms. The van der Waals surface area contributed by atoms with E-state index in [0.717, 1.165) is 12.8 Å². The molecule has 0 saturated carbocycles. The summed E-state index contributed by atoms with van der Waals surface area (Å²) >= 11 is 0. The quantitative estimate of drug-likeness (QED) is 0.412. The van der Waals surface area contributed by atoms with E-state index in [2.05, 4.69) is 24.3 Å². The zero-order valence-corrected chi connectivity index (χ0v) is 9.43. The molecule has 2 aliphatic rings. The van der Waals surface area contributed by atoms with Crippen LogP contribution < -0.4 is 12.4 Å². The van der Waals surface area contributed by atoms with Gasteiger partial charge in [-0.2, -0.15) is 12.2 Å². The van der Waals surface area contributed by atoms with Gasteiger partial charge >= 0.3 is 21.1 Å². The van der Waals surface area contributed by atoms with Crippen molar-refractivity contribution in [3.05, 3.63) is 48.6 Å². The van der Waals surface area contributed by atoms with Gasteiger partial charge < -0.3 is 12.4 Å². The van der Waals surface area contributed by atoms with E-state index in [9.17, 15) is 0 Å². The van der Waals surface area contributed by atoms with Crippen molar-refractivity contribution in [3.63, 3.8) is 0 Å². The second kappa shape index (κ2) is 10.9. The Balaban J connectivity index is 0. The minimum Gasteiger partial charge on any atom is -1.00 e. The van der Waals surface area contributed by atoms with Crippen LogP contribution >= 0.6 is 0 Å². The van der Waals surface area contributed by atoms with E-state index < -0.39 is 0 Å². The first kappa shape index (κ1) is 14.5. The van der Waals surface area contributed by atoms with Crippen molar-refractivity contribution in [2.75, 3.05) is 0 Å². The maximum Gasteiger partial charge on any atom is 2.00 e. The number of allylic oxidation sites excluding steroid dienone is 8. The van der Waals surface area contributed by atoms with Crippen LogP contribution in [0.2, 0.25) is 0 Å². The summed E-state index contributed by atoms with van der Waals surface area (Å²) in [5, 5.41) is 0. The van der Waals surface area contributed by atoms with Crippen molar-refractivity contribution in [2.24, 2.45) is 0 Å². The van der Waals surface area contributed by atoms with Crippen LogP contribution in [0.15, 0.2) is 36.5 Å². The molecule has 0 aromatic rings. The first-order valence-corrected chi connectivity index (χ1v) is 3.43. The molecule has 2 heteroatoms. The predicted octanol–water partition coefficient (Wildman–Crippen LogP) is -0.387. The van der Waals surface area contributed by atoms with Gasteiger partial charge in [0.1, 0.15) is 0 Å². The number of hydrogen-bond donors (Lipinski definition) is 0. The maximum atomic E-state index is 2.99. The predicted molar refractivity (Wildman–Crippen MR) is 43.1 cm³/mol. The van der Waals surface area contributed by atoms with E-state index in [-0.39, 0.29) is 33.5 Å². The largest absolute Gasteiger partial charge is 2.00 e. The Morgan fingerprint density at radius 2 is 1.25 bits per heavy atom. The van der Waals surface area contributed by atoms with E-state index >= 15 is 0 Å². The third-order valence-electron chi connectivity index (χ3n) is 1.17. The first-order chi connectivity index (χ1) is 5.00. The van der Waals surface area contributed by atoms with Gasteiger partial charge in [0.15, 0.2) is 0 Å². The van der Waals surface area contributed by atoms with Crippen molar-refractivity contribution in [1.82, 2.24) is 0 Å². The van der Waals surface area contributed by atoms with Gasteiger partial charge in [-0.1, -0.05) is 0 Å². The van der Waals surface area contributed by atoms with Gasteiger partial charge in [0, 0.05) is 0 Å². The van der Waals surface area contributed by atoms with Gasteiger partial charge in [0.2, 0.25) is 0 Å². The van der Waals surface area contributed by atoms with Crippen LogP contribution in [-0.2, 0) is 21.1 Å². The Bertz CT molecular complexity index is 148. The Morgan fingerprint density at radius 3 is 1.33 bits per heavy atom. The molecule has 0 atom stereocenters. The summed E-state index contributed by atoms with van der Waals surface area (Å²) in [6, 6.07) is 0. The number of halogens is 1. The molecular formula is C10H10ClMo-. The summed E-state index contributed by atoms with van der Waals surface area (Å²) < 4.78 is 0. The molecule has 0 nitrogen and oxygen atoms in total. The molecule has 12 heavy (non-hydrogen) atoms. The summed E-state index contributed by atoms with van der Waals surface area (Å²) in [4.78, 5) is 0. The van der Waals surface area contributed by atoms with Crippen LogP contribution in [0.4, 0.5) is 0 Å². The van der Waals surface area contributed by atoms with Gasteiger partial charge in [0.25, 0.3) is 0 Å². The van der Waals surface area contributed by atoms with Gasteiger partial charge in [-0.3, -0.25) is 12.2 Å². The monoisotopic (exact) mass is 263 g/mol. The number of rotatable bonds is 0. The summed E-state index contributed by atoms with van der Waals surface area (Å²) in [7, 11) is 0. The summed E-state index contributed by atoms with van der Waals surface area (Å²) in [6.07, 6.45) is 20.0. The smallest absolute Gasteiger partial charge is 1.00 e. The Labute approximate surface area is 94.8 Å². The molecule has 0 spiro atoms. The normalized spacial score (nSPS) is 14.7. The number of hydrogen-bond acceptors (Lipinski definition) is 0. The molecule has 2 rings (SSSR count). The molecule has 0 fully saturated rings. The first-order valence-electron chi connectivity index (χ1n) is 3.43. The van der Waals surface area contributed by atoms with Crippen molar-refractivity contribution in [1.29, 1.82) is 0 Å². The SMILES string of the molecule is [C-]1=CC=CC1.[C-]1=CC=CC1.[Cl-].[Mo+2]. The van der Waals surface area contributed by atoms with E-state index in [1.165, 1.54) is 0 Å². The minimum atomic E-state index is 0. The fraction of sp³-hybridized carbons (Fsp3) is 0.200.